The fourth-order valence-corrected chi connectivity index (χ4v) is 3.76. The van der Waals surface area contributed by atoms with Gasteiger partial charge in [0.2, 0.25) is 0 Å². The number of hydrazone groups is 1. The first-order valence-electron chi connectivity index (χ1n) is 12.8. The Balaban J connectivity index is 1.42. The van der Waals surface area contributed by atoms with Crippen LogP contribution in [0, 0.1) is 6.92 Å². The van der Waals surface area contributed by atoms with Crippen LogP contribution < -0.4 is 25.0 Å². The second-order valence-corrected chi connectivity index (χ2v) is 8.82. The molecule has 0 aromatic heterocycles. The van der Waals surface area contributed by atoms with E-state index in [2.05, 4.69) is 15.8 Å². The van der Waals surface area contributed by atoms with Crippen LogP contribution in [-0.4, -0.2) is 37.7 Å². The van der Waals surface area contributed by atoms with Crippen LogP contribution in [0.1, 0.15) is 49.1 Å². The maximum atomic E-state index is 12.9. The molecule has 0 bridgehead atoms. The minimum atomic E-state index is -0.546. The van der Waals surface area contributed by atoms with Gasteiger partial charge in [0.25, 0.3) is 11.8 Å². The highest BCUT2D eigenvalue weighted by molar-refractivity contribution is 6.09. The highest BCUT2D eigenvalue weighted by Crippen LogP contribution is 2.29. The number of ether oxygens (including phenoxy) is 3. The highest BCUT2D eigenvalue weighted by Gasteiger charge is 2.15. The Hall–Kier alpha value is -5.44. The van der Waals surface area contributed by atoms with E-state index in [-0.39, 0.29) is 17.2 Å². The van der Waals surface area contributed by atoms with Crippen molar-refractivity contribution in [3.63, 3.8) is 0 Å². The molecule has 0 aliphatic carbocycles. The van der Waals surface area contributed by atoms with Gasteiger partial charge in [-0.25, -0.2) is 10.2 Å². The van der Waals surface area contributed by atoms with Crippen LogP contribution in [0.5, 0.6) is 17.2 Å². The maximum absolute atomic E-state index is 12.9. The zero-order chi connectivity index (χ0) is 29.2. The van der Waals surface area contributed by atoms with E-state index in [0.29, 0.717) is 40.5 Å². The average molecular weight is 552 g/mol. The van der Waals surface area contributed by atoms with Crippen LogP contribution in [0.2, 0.25) is 0 Å². The molecule has 0 atom stereocenters. The van der Waals surface area contributed by atoms with Gasteiger partial charge in [0.15, 0.2) is 11.5 Å². The summed E-state index contributed by atoms with van der Waals surface area (Å²) in [4.78, 5) is 38.1. The first kappa shape index (κ1) is 28.6. The SMILES string of the molecule is CCOc1cc(/C=N\NC(=O)c2ccccc2NC(=O)c2ccc(C)cc2)ccc1OC(=O)c1ccc(OC)cc1. The van der Waals surface area contributed by atoms with Crippen molar-refractivity contribution in [3.8, 4) is 17.2 Å². The first-order chi connectivity index (χ1) is 19.9. The molecule has 0 fully saturated rings. The molecule has 0 spiro atoms. The number of hydrogen-bond acceptors (Lipinski definition) is 7. The Kier molecular flexibility index (Phi) is 9.45. The summed E-state index contributed by atoms with van der Waals surface area (Å²) in [6.07, 6.45) is 1.43. The number of esters is 1. The molecule has 0 saturated carbocycles. The zero-order valence-corrected chi connectivity index (χ0v) is 22.8. The molecule has 208 valence electrons. The van der Waals surface area contributed by atoms with Gasteiger partial charge in [0.05, 0.1) is 36.7 Å². The minimum Gasteiger partial charge on any atom is -0.497 e. The third-order valence-corrected chi connectivity index (χ3v) is 5.91. The van der Waals surface area contributed by atoms with Crippen molar-refractivity contribution in [2.24, 2.45) is 5.10 Å². The van der Waals surface area contributed by atoms with Crippen LogP contribution in [0.4, 0.5) is 5.69 Å². The Morgan fingerprint density at radius 1 is 0.829 bits per heavy atom. The van der Waals surface area contributed by atoms with Crippen LogP contribution >= 0.6 is 0 Å². The molecule has 0 saturated heterocycles. The summed E-state index contributed by atoms with van der Waals surface area (Å²) in [6.45, 7) is 4.09. The van der Waals surface area contributed by atoms with Crippen LogP contribution in [0.15, 0.2) is 96.1 Å². The van der Waals surface area contributed by atoms with Gasteiger partial charge < -0.3 is 19.5 Å². The van der Waals surface area contributed by atoms with Crippen LogP contribution in [0.25, 0.3) is 0 Å². The molecule has 9 nitrogen and oxygen atoms in total. The minimum absolute atomic E-state index is 0.243. The summed E-state index contributed by atoms with van der Waals surface area (Å²) in [5.41, 5.74) is 5.56. The van der Waals surface area contributed by atoms with E-state index < -0.39 is 11.9 Å². The predicted molar refractivity (Wildman–Crippen MR) is 156 cm³/mol. The van der Waals surface area contributed by atoms with Crippen molar-refractivity contribution in [2.45, 2.75) is 13.8 Å². The number of para-hydroxylation sites is 1. The highest BCUT2D eigenvalue weighted by atomic mass is 16.6. The first-order valence-corrected chi connectivity index (χ1v) is 12.8. The maximum Gasteiger partial charge on any atom is 0.343 e. The molecule has 0 radical (unpaired) electrons. The lowest BCUT2D eigenvalue weighted by Gasteiger charge is -2.12. The number of carbonyl (C=O) groups is 3. The van der Waals surface area contributed by atoms with Gasteiger partial charge in [-0.2, -0.15) is 5.10 Å². The van der Waals surface area contributed by atoms with Crippen molar-refractivity contribution < 1.29 is 28.6 Å². The van der Waals surface area contributed by atoms with Gasteiger partial charge in [-0.3, -0.25) is 9.59 Å². The van der Waals surface area contributed by atoms with E-state index in [1.54, 1.807) is 86.0 Å². The number of nitrogens with zero attached hydrogens (tertiary/aromatic N) is 1. The Morgan fingerprint density at radius 3 is 2.24 bits per heavy atom. The van der Waals surface area contributed by atoms with E-state index in [0.717, 1.165) is 5.56 Å². The summed E-state index contributed by atoms with van der Waals surface area (Å²) in [7, 11) is 1.55. The molecule has 41 heavy (non-hydrogen) atoms. The topological polar surface area (TPSA) is 115 Å². The van der Waals surface area contributed by atoms with E-state index >= 15 is 0 Å². The number of amides is 2. The molecule has 0 aliphatic rings. The summed E-state index contributed by atoms with van der Waals surface area (Å²) in [5, 5.41) is 6.83. The molecule has 0 aliphatic heterocycles. The fraction of sp³-hybridized carbons (Fsp3) is 0.125. The molecule has 4 aromatic rings. The lowest BCUT2D eigenvalue weighted by Crippen LogP contribution is -2.21. The molecule has 2 N–H and O–H groups in total. The molecule has 0 heterocycles. The Labute approximate surface area is 237 Å². The van der Waals surface area contributed by atoms with Crippen LogP contribution in [-0.2, 0) is 0 Å². The predicted octanol–water partition coefficient (Wildman–Crippen LogP) is 5.64. The van der Waals surface area contributed by atoms with Crippen molar-refractivity contribution in [3.05, 3.63) is 119 Å². The molecule has 0 unspecified atom stereocenters. The molecule has 9 heteroatoms. The fourth-order valence-electron chi connectivity index (χ4n) is 3.76. The summed E-state index contributed by atoms with van der Waals surface area (Å²) in [5.74, 6) is -0.166. The Morgan fingerprint density at radius 2 is 1.54 bits per heavy atom. The second kappa shape index (κ2) is 13.6. The van der Waals surface area contributed by atoms with Gasteiger partial charge in [-0.1, -0.05) is 29.8 Å². The molecular formula is C32H29N3O6. The quantitative estimate of drug-likeness (QED) is 0.114. The van der Waals surface area contributed by atoms with E-state index in [9.17, 15) is 14.4 Å². The molecule has 4 aromatic carbocycles. The van der Waals surface area contributed by atoms with E-state index in [1.165, 1.54) is 6.21 Å². The number of aryl methyl sites for hydroxylation is 1. The largest absolute Gasteiger partial charge is 0.497 e. The van der Waals surface area contributed by atoms with Gasteiger partial charge in [-0.05, 0) is 86.1 Å². The van der Waals surface area contributed by atoms with Gasteiger partial charge in [0, 0.05) is 5.56 Å². The number of benzene rings is 4. The summed E-state index contributed by atoms with van der Waals surface area (Å²) >= 11 is 0. The third kappa shape index (κ3) is 7.57. The summed E-state index contributed by atoms with van der Waals surface area (Å²) in [6, 6.07) is 25.3. The average Bonchev–Trinajstić information content (AvgIpc) is 2.99. The number of rotatable bonds is 10. The molecular weight excluding hydrogens is 522 g/mol. The van der Waals surface area contributed by atoms with Crippen molar-refractivity contribution >= 4 is 29.7 Å². The molecule has 4 rings (SSSR count). The monoisotopic (exact) mass is 551 g/mol. The van der Waals surface area contributed by atoms with Crippen molar-refractivity contribution in [1.82, 2.24) is 5.43 Å². The number of hydrogen-bond donors (Lipinski definition) is 2. The second-order valence-electron chi connectivity index (χ2n) is 8.82. The molecule has 2 amide bonds. The number of carbonyl (C=O) groups excluding carboxylic acids is 3. The normalized spacial score (nSPS) is 10.6. The van der Waals surface area contributed by atoms with Crippen molar-refractivity contribution in [2.75, 3.05) is 19.0 Å². The van der Waals surface area contributed by atoms with Gasteiger partial charge in [0.1, 0.15) is 5.75 Å². The van der Waals surface area contributed by atoms with Gasteiger partial charge in [-0.15, -0.1) is 0 Å². The smallest absolute Gasteiger partial charge is 0.343 e. The Bertz CT molecular complexity index is 1560. The van der Waals surface area contributed by atoms with E-state index in [4.69, 9.17) is 14.2 Å². The summed E-state index contributed by atoms with van der Waals surface area (Å²) < 4.78 is 16.3. The van der Waals surface area contributed by atoms with E-state index in [1.807, 2.05) is 26.0 Å². The van der Waals surface area contributed by atoms with Gasteiger partial charge >= 0.3 is 5.97 Å². The van der Waals surface area contributed by atoms with Crippen molar-refractivity contribution in [1.29, 1.82) is 0 Å². The van der Waals surface area contributed by atoms with Crippen LogP contribution in [0.3, 0.4) is 0 Å². The number of nitrogens with one attached hydrogen (secondary N) is 2. The number of methoxy groups -OCH3 is 1. The lowest BCUT2D eigenvalue weighted by molar-refractivity contribution is 0.0728. The zero-order valence-electron chi connectivity index (χ0n) is 22.8. The third-order valence-electron chi connectivity index (χ3n) is 5.91. The number of anilines is 1. The lowest BCUT2D eigenvalue weighted by atomic mass is 10.1. The standard InChI is InChI=1S/C32H29N3O6/c1-4-40-29-19-22(11-18-28(29)41-32(38)24-14-16-25(39-3)17-15-24)20-33-35-31(37)26-7-5-6-8-27(26)34-30(36)23-12-9-21(2)10-13-23/h5-20H,4H2,1-3H3,(H,34,36)(H,35,37)/b33-20-.